The molecule has 0 bridgehead atoms. The van der Waals surface area contributed by atoms with E-state index in [1.54, 1.807) is 0 Å². The summed E-state index contributed by atoms with van der Waals surface area (Å²) in [4.78, 5) is 0. The van der Waals surface area contributed by atoms with Gasteiger partial charge in [-0.25, -0.2) is 0 Å². The standard InChI is InChI=1S/C62H42N2/c1-3-17-40(18-4-2)42-29-33-59-51(35-42)53-38-49-48-25-13-16-28-56(48)62(54-26-14-11-23-46(54)47-24-12-15-27-55(47)62)57(49)39-61(53)64(59)45-31-34-60-52(37-45)50-36-43(41-19-7-5-8-20-41)30-32-58(50)63(60)44-21-9-6-10-22-44/h3-39H,1H2,2H3/b18-4-,40-17+. The van der Waals surface area contributed by atoms with Gasteiger partial charge in [0.25, 0.3) is 0 Å². The van der Waals surface area contributed by atoms with E-state index in [0.717, 1.165) is 22.5 Å². The molecule has 64 heavy (non-hydrogen) atoms. The Balaban J connectivity index is 1.14. The average molecular weight is 815 g/mol. The number of nitrogens with zero attached hydrogens (tertiary/aromatic N) is 2. The van der Waals surface area contributed by atoms with Crippen LogP contribution in [0.4, 0.5) is 0 Å². The highest BCUT2D eigenvalue weighted by molar-refractivity contribution is 6.15. The van der Waals surface area contributed by atoms with Crippen molar-refractivity contribution >= 4 is 49.2 Å². The number of para-hydroxylation sites is 1. The van der Waals surface area contributed by atoms with E-state index in [0.29, 0.717) is 0 Å². The molecule has 2 aliphatic rings. The van der Waals surface area contributed by atoms with Gasteiger partial charge >= 0.3 is 0 Å². The van der Waals surface area contributed by atoms with Crippen molar-refractivity contribution in [3.63, 3.8) is 0 Å². The zero-order valence-corrected chi connectivity index (χ0v) is 35.5. The maximum Gasteiger partial charge on any atom is 0.0726 e. The van der Waals surface area contributed by atoms with Gasteiger partial charge in [0, 0.05) is 32.9 Å². The number of rotatable bonds is 6. The summed E-state index contributed by atoms with van der Waals surface area (Å²) in [7, 11) is 0. The van der Waals surface area contributed by atoms with Crippen LogP contribution in [0, 0.1) is 0 Å². The van der Waals surface area contributed by atoms with E-state index in [2.05, 4.69) is 241 Å². The van der Waals surface area contributed by atoms with Crippen LogP contribution in [0.5, 0.6) is 0 Å². The van der Waals surface area contributed by atoms with E-state index in [-0.39, 0.29) is 0 Å². The van der Waals surface area contributed by atoms with Crippen LogP contribution in [0.2, 0.25) is 0 Å². The van der Waals surface area contributed by atoms with Crippen LogP contribution in [0.25, 0.3) is 93.9 Å². The predicted octanol–water partition coefficient (Wildman–Crippen LogP) is 16.0. The fourth-order valence-corrected chi connectivity index (χ4v) is 11.4. The van der Waals surface area contributed by atoms with Gasteiger partial charge in [-0.1, -0.05) is 164 Å². The molecule has 0 amide bonds. The number of hydrogen-bond donors (Lipinski definition) is 0. The van der Waals surface area contributed by atoms with Crippen molar-refractivity contribution in [1.29, 1.82) is 0 Å². The molecule has 0 saturated carbocycles. The van der Waals surface area contributed by atoms with Crippen molar-refractivity contribution in [1.82, 2.24) is 9.13 Å². The van der Waals surface area contributed by atoms with Crippen LogP contribution in [0.1, 0.15) is 34.7 Å². The normalized spacial score (nSPS) is 13.6. The minimum Gasteiger partial charge on any atom is -0.309 e. The Labute approximate surface area is 372 Å². The molecule has 0 atom stereocenters. The van der Waals surface area contributed by atoms with Crippen molar-refractivity contribution in [2.45, 2.75) is 12.3 Å². The van der Waals surface area contributed by atoms with E-state index in [1.807, 2.05) is 6.08 Å². The summed E-state index contributed by atoms with van der Waals surface area (Å²) < 4.78 is 4.94. The van der Waals surface area contributed by atoms with Crippen molar-refractivity contribution < 1.29 is 0 Å². The monoisotopic (exact) mass is 814 g/mol. The number of aromatic nitrogens is 2. The molecule has 0 N–H and O–H groups in total. The van der Waals surface area contributed by atoms with Crippen molar-refractivity contribution in [2.75, 3.05) is 0 Å². The fourth-order valence-electron chi connectivity index (χ4n) is 11.4. The first-order chi connectivity index (χ1) is 31.7. The molecular formula is C62H42N2. The number of fused-ring (bicyclic) bond motifs is 16. The van der Waals surface area contributed by atoms with Crippen molar-refractivity contribution in [3.8, 4) is 44.8 Å². The second kappa shape index (κ2) is 13.9. The van der Waals surface area contributed by atoms with Crippen LogP contribution < -0.4 is 0 Å². The first-order valence-electron chi connectivity index (χ1n) is 22.2. The third-order valence-corrected chi connectivity index (χ3v) is 14.0. The molecular weight excluding hydrogens is 773 g/mol. The van der Waals surface area contributed by atoms with Crippen molar-refractivity contribution in [2.24, 2.45) is 0 Å². The first-order valence-corrected chi connectivity index (χ1v) is 22.2. The van der Waals surface area contributed by atoms with E-state index < -0.39 is 5.41 Å². The van der Waals surface area contributed by atoms with Gasteiger partial charge in [0.05, 0.1) is 27.5 Å². The number of benzene rings is 9. The van der Waals surface area contributed by atoms with E-state index in [4.69, 9.17) is 0 Å². The molecule has 0 unspecified atom stereocenters. The molecule has 2 heterocycles. The first kappa shape index (κ1) is 36.5. The smallest absolute Gasteiger partial charge is 0.0726 e. The third kappa shape index (κ3) is 4.97. The summed E-state index contributed by atoms with van der Waals surface area (Å²) in [6, 6.07) is 74.8. The Bertz CT molecular complexity index is 3750. The van der Waals surface area contributed by atoms with Crippen LogP contribution in [-0.2, 0) is 5.41 Å². The zero-order chi connectivity index (χ0) is 42.5. The third-order valence-electron chi connectivity index (χ3n) is 14.0. The van der Waals surface area contributed by atoms with Gasteiger partial charge in [0.2, 0.25) is 0 Å². The largest absolute Gasteiger partial charge is 0.309 e. The summed E-state index contributed by atoms with van der Waals surface area (Å²) in [6.45, 7) is 6.14. The topological polar surface area (TPSA) is 9.86 Å². The summed E-state index contributed by atoms with van der Waals surface area (Å²) >= 11 is 0. The average Bonchev–Trinajstić information content (AvgIpc) is 4.05. The van der Waals surface area contributed by atoms with Gasteiger partial charge in [0.1, 0.15) is 0 Å². The van der Waals surface area contributed by atoms with Crippen LogP contribution in [0.15, 0.2) is 231 Å². The van der Waals surface area contributed by atoms with E-state index in [9.17, 15) is 0 Å². The molecule has 11 aromatic rings. The molecule has 13 rings (SSSR count). The van der Waals surface area contributed by atoms with Gasteiger partial charge in [-0.3, -0.25) is 0 Å². The van der Waals surface area contributed by atoms with Crippen LogP contribution in [0.3, 0.4) is 0 Å². The Hall–Kier alpha value is -8.20. The summed E-state index contributed by atoms with van der Waals surface area (Å²) in [5.74, 6) is 0. The number of hydrogen-bond acceptors (Lipinski definition) is 0. The maximum atomic E-state index is 4.07. The quantitative estimate of drug-likeness (QED) is 0.148. The van der Waals surface area contributed by atoms with Crippen LogP contribution in [-0.4, -0.2) is 9.13 Å². The Kier molecular flexibility index (Phi) is 7.92. The molecule has 0 radical (unpaired) electrons. The maximum absolute atomic E-state index is 4.07. The van der Waals surface area contributed by atoms with Crippen molar-refractivity contribution in [3.05, 3.63) is 259 Å². The summed E-state index contributed by atoms with van der Waals surface area (Å²) in [5.41, 5.74) is 21.9. The van der Waals surface area contributed by atoms with E-state index >= 15 is 0 Å². The minimum atomic E-state index is -0.452. The number of allylic oxidation sites excluding steroid dienone is 5. The highest BCUT2D eigenvalue weighted by Crippen LogP contribution is 2.63. The molecule has 2 aliphatic carbocycles. The van der Waals surface area contributed by atoms with Gasteiger partial charge in [0.15, 0.2) is 0 Å². The second-order valence-electron chi connectivity index (χ2n) is 17.2. The molecule has 2 nitrogen and oxygen atoms in total. The lowest BCUT2D eigenvalue weighted by molar-refractivity contribution is 0.794. The minimum absolute atomic E-state index is 0.452. The van der Waals surface area contributed by atoms with Crippen LogP contribution >= 0.6 is 0 Å². The highest BCUT2D eigenvalue weighted by atomic mass is 15.0. The molecule has 0 aliphatic heterocycles. The fraction of sp³-hybridized carbons (Fsp3) is 0.0323. The molecule has 2 heteroatoms. The summed E-state index contributed by atoms with van der Waals surface area (Å²) in [5, 5.41) is 4.90. The van der Waals surface area contributed by atoms with Gasteiger partial charge in [-0.2, -0.15) is 0 Å². The Morgan fingerprint density at radius 3 is 1.61 bits per heavy atom. The summed E-state index contributed by atoms with van der Waals surface area (Å²) in [6.07, 6.45) is 8.27. The molecule has 1 spiro atoms. The molecule has 0 saturated heterocycles. The Morgan fingerprint density at radius 1 is 0.422 bits per heavy atom. The van der Waals surface area contributed by atoms with Gasteiger partial charge < -0.3 is 9.13 Å². The second-order valence-corrected chi connectivity index (χ2v) is 17.2. The molecule has 2 aromatic heterocycles. The van der Waals surface area contributed by atoms with E-state index in [1.165, 1.54) is 99.2 Å². The molecule has 300 valence electrons. The Morgan fingerprint density at radius 2 is 0.953 bits per heavy atom. The van der Waals surface area contributed by atoms with Gasteiger partial charge in [-0.05, 0) is 140 Å². The molecule has 0 fully saturated rings. The lowest BCUT2D eigenvalue weighted by atomic mass is 9.70. The zero-order valence-electron chi connectivity index (χ0n) is 35.5. The lowest BCUT2D eigenvalue weighted by Crippen LogP contribution is -2.25. The SMILES string of the molecule is C=C/C=C(\C=C/C)c1ccc2c(c1)c1cc3c(cc1n2-c1ccc2c(c1)c1cc(-c4ccccc4)ccc1n2-c1ccccc1)C1(c2ccccc2-c2ccccc21)c1ccccc1-3. The lowest BCUT2D eigenvalue weighted by Gasteiger charge is -2.30. The van der Waals surface area contributed by atoms with Gasteiger partial charge in [-0.15, -0.1) is 0 Å². The highest BCUT2D eigenvalue weighted by Gasteiger charge is 2.51. The molecule has 9 aromatic carbocycles. The predicted molar refractivity (Wildman–Crippen MR) is 270 cm³/mol.